The highest BCUT2D eigenvalue weighted by Gasteiger charge is 2.33. The Kier molecular flexibility index (Phi) is 4.61. The van der Waals surface area contributed by atoms with Crippen LogP contribution in [-0.4, -0.2) is 37.0 Å². The normalized spacial score (nSPS) is 14.0. The number of carbonyl (C=O) groups is 2. The first kappa shape index (κ1) is 16.8. The van der Waals surface area contributed by atoms with E-state index in [-0.39, 0.29) is 11.8 Å². The van der Waals surface area contributed by atoms with Gasteiger partial charge in [0, 0.05) is 18.2 Å². The molecule has 0 aliphatic carbocycles. The fourth-order valence-electron chi connectivity index (χ4n) is 2.88. The fraction of sp³-hybridized carbons (Fsp3) is 0.263. The van der Waals surface area contributed by atoms with Crippen molar-refractivity contribution in [3.05, 3.63) is 53.6 Å². The van der Waals surface area contributed by atoms with Crippen LogP contribution in [-0.2, 0) is 11.3 Å². The molecule has 2 aromatic rings. The summed E-state index contributed by atoms with van der Waals surface area (Å²) in [7, 11) is 3.08. The molecule has 1 atom stereocenters. The third-order valence-electron chi connectivity index (χ3n) is 4.36. The van der Waals surface area contributed by atoms with E-state index in [1.165, 1.54) is 7.11 Å². The summed E-state index contributed by atoms with van der Waals surface area (Å²) in [4.78, 5) is 26.7. The SMILES string of the molecule is COc1ccc(OC)c(NC(=O)[C@H](C)N2Cc3ccccc3C2=O)c1. The Labute approximate surface area is 146 Å². The van der Waals surface area contributed by atoms with E-state index in [0.29, 0.717) is 29.3 Å². The predicted octanol–water partition coefficient (Wildman–Crippen LogP) is 2.69. The molecule has 2 amide bonds. The van der Waals surface area contributed by atoms with Crippen LogP contribution in [0.2, 0.25) is 0 Å². The van der Waals surface area contributed by atoms with Crippen LogP contribution >= 0.6 is 0 Å². The van der Waals surface area contributed by atoms with Crippen molar-refractivity contribution in [2.45, 2.75) is 19.5 Å². The number of methoxy groups -OCH3 is 2. The second-order valence-electron chi connectivity index (χ2n) is 5.82. The fourth-order valence-corrected chi connectivity index (χ4v) is 2.88. The van der Waals surface area contributed by atoms with Crippen LogP contribution in [0.5, 0.6) is 11.5 Å². The number of nitrogens with one attached hydrogen (secondary N) is 1. The molecule has 6 nitrogen and oxygen atoms in total. The number of hydrogen-bond acceptors (Lipinski definition) is 4. The standard InChI is InChI=1S/C19H20N2O4/c1-12(21-11-13-6-4-5-7-15(13)19(21)23)18(22)20-16-10-14(24-2)8-9-17(16)25-3/h4-10,12H,11H2,1-3H3,(H,20,22)/t12-/m0/s1. The van der Waals surface area contributed by atoms with Gasteiger partial charge in [0.2, 0.25) is 5.91 Å². The van der Waals surface area contributed by atoms with Gasteiger partial charge in [-0.15, -0.1) is 0 Å². The molecule has 0 radical (unpaired) electrons. The summed E-state index contributed by atoms with van der Waals surface area (Å²) in [6.07, 6.45) is 0. The minimum Gasteiger partial charge on any atom is -0.497 e. The van der Waals surface area contributed by atoms with Gasteiger partial charge >= 0.3 is 0 Å². The van der Waals surface area contributed by atoms with Gasteiger partial charge in [0.05, 0.1) is 19.9 Å². The molecule has 130 valence electrons. The van der Waals surface area contributed by atoms with Crippen LogP contribution in [0.4, 0.5) is 5.69 Å². The van der Waals surface area contributed by atoms with Crippen LogP contribution in [0, 0.1) is 0 Å². The lowest BCUT2D eigenvalue weighted by Crippen LogP contribution is -2.42. The summed E-state index contributed by atoms with van der Waals surface area (Å²) >= 11 is 0. The van der Waals surface area contributed by atoms with Crippen molar-refractivity contribution in [1.82, 2.24) is 4.90 Å². The number of benzene rings is 2. The topological polar surface area (TPSA) is 67.9 Å². The molecular formula is C19H20N2O4. The predicted molar refractivity (Wildman–Crippen MR) is 94.0 cm³/mol. The third kappa shape index (κ3) is 3.15. The number of ether oxygens (including phenoxy) is 2. The third-order valence-corrected chi connectivity index (χ3v) is 4.36. The molecule has 1 N–H and O–H groups in total. The Morgan fingerprint density at radius 3 is 2.60 bits per heavy atom. The second kappa shape index (κ2) is 6.84. The van der Waals surface area contributed by atoms with Crippen molar-refractivity contribution in [2.24, 2.45) is 0 Å². The minimum absolute atomic E-state index is 0.129. The van der Waals surface area contributed by atoms with Gasteiger partial charge in [-0.1, -0.05) is 18.2 Å². The van der Waals surface area contributed by atoms with Crippen LogP contribution in [0.15, 0.2) is 42.5 Å². The molecule has 0 fully saturated rings. The van der Waals surface area contributed by atoms with Gasteiger partial charge < -0.3 is 19.7 Å². The average molecular weight is 340 g/mol. The van der Waals surface area contributed by atoms with Gasteiger partial charge in [-0.05, 0) is 30.7 Å². The van der Waals surface area contributed by atoms with Gasteiger partial charge in [0.15, 0.2) is 0 Å². The molecule has 1 aliphatic heterocycles. The van der Waals surface area contributed by atoms with Gasteiger partial charge in [0.1, 0.15) is 17.5 Å². The molecule has 1 heterocycles. The molecule has 0 aromatic heterocycles. The molecule has 0 saturated carbocycles. The highest BCUT2D eigenvalue weighted by atomic mass is 16.5. The Bertz CT molecular complexity index is 819. The smallest absolute Gasteiger partial charge is 0.255 e. The zero-order valence-corrected chi connectivity index (χ0v) is 14.4. The zero-order valence-electron chi connectivity index (χ0n) is 14.4. The maximum absolute atomic E-state index is 12.7. The van der Waals surface area contributed by atoms with Crippen molar-refractivity contribution in [3.63, 3.8) is 0 Å². The molecular weight excluding hydrogens is 320 g/mol. The van der Waals surface area contributed by atoms with Crippen molar-refractivity contribution >= 4 is 17.5 Å². The molecule has 1 aliphatic rings. The van der Waals surface area contributed by atoms with E-state index in [9.17, 15) is 9.59 Å². The number of hydrogen-bond donors (Lipinski definition) is 1. The van der Waals surface area contributed by atoms with E-state index in [0.717, 1.165) is 5.56 Å². The number of nitrogens with zero attached hydrogens (tertiary/aromatic N) is 1. The first-order valence-corrected chi connectivity index (χ1v) is 7.97. The lowest BCUT2D eigenvalue weighted by atomic mass is 10.1. The molecule has 0 unspecified atom stereocenters. The largest absolute Gasteiger partial charge is 0.497 e. The minimum atomic E-state index is -0.615. The van der Waals surface area contributed by atoms with Gasteiger partial charge in [0.25, 0.3) is 5.91 Å². The molecule has 0 spiro atoms. The number of anilines is 1. The monoisotopic (exact) mass is 340 g/mol. The number of fused-ring (bicyclic) bond motifs is 1. The van der Waals surface area contributed by atoms with Crippen LogP contribution in [0.25, 0.3) is 0 Å². The summed E-state index contributed by atoms with van der Waals surface area (Å²) in [5.74, 6) is 0.717. The summed E-state index contributed by atoms with van der Waals surface area (Å²) in [5, 5.41) is 2.82. The Morgan fingerprint density at radius 1 is 1.16 bits per heavy atom. The molecule has 3 rings (SSSR count). The summed E-state index contributed by atoms with van der Waals surface area (Å²) < 4.78 is 10.5. The van der Waals surface area contributed by atoms with E-state index in [1.54, 1.807) is 43.2 Å². The maximum Gasteiger partial charge on any atom is 0.255 e. The maximum atomic E-state index is 12.7. The average Bonchev–Trinajstić information content (AvgIpc) is 2.98. The van der Waals surface area contributed by atoms with Crippen molar-refractivity contribution in [2.75, 3.05) is 19.5 Å². The second-order valence-corrected chi connectivity index (χ2v) is 5.82. The van der Waals surface area contributed by atoms with Gasteiger partial charge in [-0.25, -0.2) is 0 Å². The van der Waals surface area contributed by atoms with Crippen LogP contribution in [0.1, 0.15) is 22.8 Å². The summed E-state index contributed by atoms with van der Waals surface area (Å²) in [6.45, 7) is 2.14. The number of rotatable bonds is 5. The Balaban J connectivity index is 1.77. The van der Waals surface area contributed by atoms with Crippen molar-refractivity contribution < 1.29 is 19.1 Å². The first-order chi connectivity index (χ1) is 12.0. The van der Waals surface area contributed by atoms with E-state index in [1.807, 2.05) is 18.2 Å². The lowest BCUT2D eigenvalue weighted by Gasteiger charge is -2.24. The molecule has 0 saturated heterocycles. The van der Waals surface area contributed by atoms with E-state index >= 15 is 0 Å². The highest BCUT2D eigenvalue weighted by molar-refractivity contribution is 6.03. The highest BCUT2D eigenvalue weighted by Crippen LogP contribution is 2.30. The lowest BCUT2D eigenvalue weighted by molar-refractivity contribution is -0.120. The van der Waals surface area contributed by atoms with Crippen LogP contribution < -0.4 is 14.8 Å². The first-order valence-electron chi connectivity index (χ1n) is 7.97. The van der Waals surface area contributed by atoms with E-state index in [4.69, 9.17) is 9.47 Å². The van der Waals surface area contributed by atoms with E-state index in [2.05, 4.69) is 5.32 Å². The summed E-state index contributed by atoms with van der Waals surface area (Å²) in [6, 6.07) is 11.9. The van der Waals surface area contributed by atoms with E-state index < -0.39 is 6.04 Å². The van der Waals surface area contributed by atoms with Crippen molar-refractivity contribution in [1.29, 1.82) is 0 Å². The Hall–Kier alpha value is -3.02. The number of carbonyl (C=O) groups excluding carboxylic acids is 2. The molecule has 25 heavy (non-hydrogen) atoms. The molecule has 6 heteroatoms. The summed E-state index contributed by atoms with van der Waals surface area (Å²) in [5.41, 5.74) is 2.09. The van der Waals surface area contributed by atoms with Crippen molar-refractivity contribution in [3.8, 4) is 11.5 Å². The van der Waals surface area contributed by atoms with Crippen LogP contribution in [0.3, 0.4) is 0 Å². The van der Waals surface area contributed by atoms with Gasteiger partial charge in [-0.2, -0.15) is 0 Å². The molecule has 0 bridgehead atoms. The molecule has 2 aromatic carbocycles. The quantitative estimate of drug-likeness (QED) is 0.909. The Morgan fingerprint density at radius 2 is 1.92 bits per heavy atom. The van der Waals surface area contributed by atoms with Gasteiger partial charge in [-0.3, -0.25) is 9.59 Å². The zero-order chi connectivity index (χ0) is 18.0. The number of amides is 2.